The van der Waals surface area contributed by atoms with Gasteiger partial charge in [0.1, 0.15) is 5.82 Å². The van der Waals surface area contributed by atoms with E-state index in [1.807, 2.05) is 25.1 Å². The SMILES string of the molecule is CCn1c(CSc2nccc(C)n2)nc2cc(NC(=O)C3CCCCC3)ccc21. The number of hydrogen-bond donors (Lipinski definition) is 1. The van der Waals surface area contributed by atoms with Gasteiger partial charge in [-0.05, 0) is 51.0 Å². The van der Waals surface area contributed by atoms with E-state index in [1.165, 1.54) is 6.42 Å². The van der Waals surface area contributed by atoms with Gasteiger partial charge in [-0.3, -0.25) is 4.79 Å². The number of anilines is 1. The molecule has 4 rings (SSSR count). The molecule has 1 aliphatic rings. The summed E-state index contributed by atoms with van der Waals surface area (Å²) in [4.78, 5) is 26.2. The second-order valence-corrected chi connectivity index (χ2v) is 8.51. The van der Waals surface area contributed by atoms with Gasteiger partial charge in [0.25, 0.3) is 0 Å². The number of fused-ring (bicyclic) bond motifs is 1. The third kappa shape index (κ3) is 4.61. The number of thioether (sulfide) groups is 1. The summed E-state index contributed by atoms with van der Waals surface area (Å²) in [5, 5.41) is 3.87. The lowest BCUT2D eigenvalue weighted by Crippen LogP contribution is -2.24. The van der Waals surface area contributed by atoms with Crippen LogP contribution in [0, 0.1) is 12.8 Å². The minimum Gasteiger partial charge on any atom is -0.328 e. The molecule has 7 heteroatoms. The van der Waals surface area contributed by atoms with Gasteiger partial charge in [0.2, 0.25) is 5.91 Å². The molecular weight excluding hydrogens is 382 g/mol. The molecule has 152 valence electrons. The smallest absolute Gasteiger partial charge is 0.227 e. The van der Waals surface area contributed by atoms with Crippen molar-refractivity contribution >= 4 is 34.4 Å². The molecule has 1 amide bonds. The Morgan fingerprint density at radius 1 is 1.21 bits per heavy atom. The zero-order valence-electron chi connectivity index (χ0n) is 17.0. The van der Waals surface area contributed by atoms with Crippen LogP contribution in [0.5, 0.6) is 0 Å². The monoisotopic (exact) mass is 409 g/mol. The Bertz CT molecular complexity index is 1010. The summed E-state index contributed by atoms with van der Waals surface area (Å²) < 4.78 is 2.21. The van der Waals surface area contributed by atoms with E-state index >= 15 is 0 Å². The number of carbonyl (C=O) groups is 1. The maximum absolute atomic E-state index is 12.6. The highest BCUT2D eigenvalue weighted by atomic mass is 32.2. The summed E-state index contributed by atoms with van der Waals surface area (Å²) >= 11 is 1.59. The van der Waals surface area contributed by atoms with E-state index in [0.29, 0.717) is 5.75 Å². The minimum absolute atomic E-state index is 0.145. The molecule has 0 aliphatic heterocycles. The van der Waals surface area contributed by atoms with Crippen molar-refractivity contribution in [3.05, 3.63) is 42.0 Å². The summed E-state index contributed by atoms with van der Waals surface area (Å²) in [6.07, 6.45) is 7.35. The van der Waals surface area contributed by atoms with Crippen molar-refractivity contribution in [1.82, 2.24) is 19.5 Å². The first-order valence-electron chi connectivity index (χ1n) is 10.4. The number of nitrogens with zero attached hydrogens (tertiary/aromatic N) is 4. The van der Waals surface area contributed by atoms with Crippen LogP contribution in [-0.4, -0.2) is 25.4 Å². The van der Waals surface area contributed by atoms with Crippen LogP contribution in [0.3, 0.4) is 0 Å². The lowest BCUT2D eigenvalue weighted by Gasteiger charge is -2.20. The molecule has 1 N–H and O–H groups in total. The van der Waals surface area contributed by atoms with Crippen LogP contribution in [0.15, 0.2) is 35.6 Å². The molecule has 6 nitrogen and oxygen atoms in total. The molecule has 2 heterocycles. The van der Waals surface area contributed by atoms with Gasteiger partial charge in [-0.1, -0.05) is 31.0 Å². The van der Waals surface area contributed by atoms with E-state index in [4.69, 9.17) is 4.98 Å². The molecule has 0 unspecified atom stereocenters. The van der Waals surface area contributed by atoms with E-state index in [1.54, 1.807) is 18.0 Å². The normalized spacial score (nSPS) is 15.0. The van der Waals surface area contributed by atoms with Crippen molar-refractivity contribution in [1.29, 1.82) is 0 Å². The zero-order valence-corrected chi connectivity index (χ0v) is 17.8. The Labute approximate surface area is 175 Å². The molecule has 1 fully saturated rings. The summed E-state index contributed by atoms with van der Waals surface area (Å²) in [6, 6.07) is 7.92. The predicted molar refractivity (Wildman–Crippen MR) is 117 cm³/mol. The average molecular weight is 410 g/mol. The second kappa shape index (κ2) is 8.95. The van der Waals surface area contributed by atoms with Gasteiger partial charge in [-0.15, -0.1) is 0 Å². The van der Waals surface area contributed by atoms with Gasteiger partial charge in [0.05, 0.1) is 16.8 Å². The number of imidazole rings is 1. The molecule has 1 aromatic carbocycles. The predicted octanol–water partition coefficient (Wildman–Crippen LogP) is 4.97. The van der Waals surface area contributed by atoms with E-state index in [2.05, 4.69) is 32.8 Å². The summed E-state index contributed by atoms with van der Waals surface area (Å²) in [6.45, 7) is 4.93. The van der Waals surface area contributed by atoms with Crippen molar-refractivity contribution in [2.24, 2.45) is 5.92 Å². The van der Waals surface area contributed by atoms with Crippen molar-refractivity contribution in [3.63, 3.8) is 0 Å². The van der Waals surface area contributed by atoms with Crippen LogP contribution in [-0.2, 0) is 17.1 Å². The Hall–Kier alpha value is -2.41. The van der Waals surface area contributed by atoms with Crippen LogP contribution in [0.4, 0.5) is 5.69 Å². The van der Waals surface area contributed by atoms with Gasteiger partial charge < -0.3 is 9.88 Å². The zero-order chi connectivity index (χ0) is 20.2. The molecule has 1 aliphatic carbocycles. The maximum Gasteiger partial charge on any atom is 0.227 e. The van der Waals surface area contributed by atoms with Gasteiger partial charge in [-0.25, -0.2) is 15.0 Å². The first kappa shape index (κ1) is 19.9. The first-order valence-corrected chi connectivity index (χ1v) is 11.3. The molecule has 0 bridgehead atoms. The van der Waals surface area contributed by atoms with Gasteiger partial charge >= 0.3 is 0 Å². The summed E-state index contributed by atoms with van der Waals surface area (Å²) in [5.74, 6) is 1.99. The van der Waals surface area contributed by atoms with Gasteiger partial charge in [0.15, 0.2) is 5.16 Å². The Kier molecular flexibility index (Phi) is 6.13. The highest BCUT2D eigenvalue weighted by Crippen LogP contribution is 2.27. The first-order chi connectivity index (χ1) is 14.1. The number of nitrogens with one attached hydrogen (secondary N) is 1. The van der Waals surface area contributed by atoms with E-state index in [0.717, 1.165) is 65.6 Å². The fourth-order valence-corrected chi connectivity index (χ4v) is 4.78. The summed E-state index contributed by atoms with van der Waals surface area (Å²) in [7, 11) is 0. The molecule has 0 atom stereocenters. The van der Waals surface area contributed by atoms with E-state index in [9.17, 15) is 4.79 Å². The number of aryl methyl sites for hydroxylation is 2. The number of carbonyl (C=O) groups excluding carboxylic acids is 1. The van der Waals surface area contributed by atoms with E-state index < -0.39 is 0 Å². The number of rotatable bonds is 6. The molecule has 3 aromatic rings. The Morgan fingerprint density at radius 2 is 2.03 bits per heavy atom. The standard InChI is InChI=1S/C22H27N5OS/c1-3-27-19-10-9-17(25-21(28)16-7-5-4-6-8-16)13-18(19)26-20(27)14-29-22-23-12-11-15(2)24-22/h9-13,16H,3-8,14H2,1-2H3,(H,25,28). The highest BCUT2D eigenvalue weighted by molar-refractivity contribution is 7.98. The topological polar surface area (TPSA) is 72.7 Å². The van der Waals surface area contributed by atoms with Crippen molar-refractivity contribution < 1.29 is 4.79 Å². The molecule has 2 aromatic heterocycles. The number of aromatic nitrogens is 4. The summed E-state index contributed by atoms with van der Waals surface area (Å²) in [5.41, 5.74) is 3.79. The second-order valence-electron chi connectivity index (χ2n) is 7.57. The lowest BCUT2D eigenvalue weighted by molar-refractivity contribution is -0.120. The number of amides is 1. The number of hydrogen-bond acceptors (Lipinski definition) is 5. The van der Waals surface area contributed by atoms with Crippen LogP contribution in [0.25, 0.3) is 11.0 Å². The largest absolute Gasteiger partial charge is 0.328 e. The van der Waals surface area contributed by atoms with Crippen molar-refractivity contribution in [3.8, 4) is 0 Å². The molecule has 29 heavy (non-hydrogen) atoms. The fourth-order valence-electron chi connectivity index (χ4n) is 3.95. The molecule has 0 radical (unpaired) electrons. The van der Waals surface area contributed by atoms with Gasteiger partial charge in [0, 0.05) is 30.0 Å². The molecule has 0 saturated heterocycles. The van der Waals surface area contributed by atoms with Crippen LogP contribution >= 0.6 is 11.8 Å². The van der Waals surface area contributed by atoms with Gasteiger partial charge in [-0.2, -0.15) is 0 Å². The van der Waals surface area contributed by atoms with Crippen LogP contribution in [0.2, 0.25) is 0 Å². The Balaban J connectivity index is 1.51. The third-order valence-electron chi connectivity index (χ3n) is 5.49. The van der Waals surface area contributed by atoms with Crippen molar-refractivity contribution in [2.45, 2.75) is 63.4 Å². The third-order valence-corrected chi connectivity index (χ3v) is 6.35. The maximum atomic E-state index is 12.6. The average Bonchev–Trinajstić information content (AvgIpc) is 3.09. The van der Waals surface area contributed by atoms with Crippen LogP contribution < -0.4 is 5.32 Å². The molecular formula is C22H27N5OS. The quantitative estimate of drug-likeness (QED) is 0.460. The highest BCUT2D eigenvalue weighted by Gasteiger charge is 2.21. The van der Waals surface area contributed by atoms with Crippen molar-refractivity contribution in [2.75, 3.05) is 5.32 Å². The number of benzene rings is 1. The van der Waals surface area contributed by atoms with E-state index in [-0.39, 0.29) is 11.8 Å². The van der Waals surface area contributed by atoms with Crippen LogP contribution in [0.1, 0.15) is 50.5 Å². The minimum atomic E-state index is 0.145. The fraction of sp³-hybridized carbons (Fsp3) is 0.455. The molecule has 0 spiro atoms. The molecule has 1 saturated carbocycles. The lowest BCUT2D eigenvalue weighted by atomic mass is 9.88. The Morgan fingerprint density at radius 3 is 2.79 bits per heavy atom.